The Morgan fingerprint density at radius 2 is 2.09 bits per heavy atom. The fourth-order valence-corrected chi connectivity index (χ4v) is 2.99. The first-order valence-corrected chi connectivity index (χ1v) is 7.87. The van der Waals surface area contributed by atoms with Gasteiger partial charge in [0.15, 0.2) is 5.11 Å². The minimum atomic E-state index is -0.140. The third-order valence-electron chi connectivity index (χ3n) is 3.84. The first kappa shape index (κ1) is 15.4. The summed E-state index contributed by atoms with van der Waals surface area (Å²) in [4.78, 5) is 14.3. The van der Waals surface area contributed by atoms with Gasteiger partial charge in [-0.3, -0.25) is 14.4 Å². The second-order valence-electron chi connectivity index (χ2n) is 5.45. The number of nitrogens with one attached hydrogen (secondary N) is 1. The molecule has 23 heavy (non-hydrogen) atoms. The highest BCUT2D eigenvalue weighted by atomic mass is 32.1. The van der Waals surface area contributed by atoms with Crippen molar-refractivity contribution < 1.29 is 4.79 Å². The maximum absolute atomic E-state index is 12.8. The van der Waals surface area contributed by atoms with Crippen LogP contribution in [0, 0.1) is 6.92 Å². The maximum Gasteiger partial charge on any atom is 0.281 e. The van der Waals surface area contributed by atoms with Crippen molar-refractivity contribution in [2.24, 2.45) is 7.05 Å². The molecule has 0 radical (unpaired) electrons. The Kier molecular flexibility index (Phi) is 4.00. The molecule has 2 aromatic rings. The largest absolute Gasteiger partial charge is 0.327 e. The van der Waals surface area contributed by atoms with Crippen molar-refractivity contribution in [2.75, 3.05) is 4.90 Å². The van der Waals surface area contributed by atoms with Gasteiger partial charge in [0, 0.05) is 18.8 Å². The summed E-state index contributed by atoms with van der Waals surface area (Å²) in [6.45, 7) is 3.97. The number of hydrogen-bond donors (Lipinski definition) is 1. The molecular formula is C17H18N4OS. The molecule has 118 valence electrons. The van der Waals surface area contributed by atoms with Gasteiger partial charge in [-0.05, 0) is 43.3 Å². The van der Waals surface area contributed by atoms with E-state index in [1.54, 1.807) is 15.7 Å². The molecule has 0 bridgehead atoms. The molecule has 1 aliphatic heterocycles. The molecule has 1 saturated heterocycles. The monoisotopic (exact) mass is 326 g/mol. The van der Waals surface area contributed by atoms with Crippen LogP contribution in [-0.4, -0.2) is 20.8 Å². The normalized spacial score (nSPS) is 16.3. The minimum absolute atomic E-state index is 0.140. The van der Waals surface area contributed by atoms with Gasteiger partial charge in [0.1, 0.15) is 5.70 Å². The van der Waals surface area contributed by atoms with Crippen molar-refractivity contribution in [3.8, 4) is 0 Å². The highest BCUT2D eigenvalue weighted by Gasteiger charge is 2.33. The number of aromatic nitrogens is 2. The van der Waals surface area contributed by atoms with Gasteiger partial charge in [-0.15, -0.1) is 0 Å². The predicted molar refractivity (Wildman–Crippen MR) is 95.0 cm³/mol. The van der Waals surface area contributed by atoms with Crippen LogP contribution in [-0.2, 0) is 18.3 Å². The zero-order valence-corrected chi connectivity index (χ0v) is 14.1. The van der Waals surface area contributed by atoms with Crippen LogP contribution in [0.3, 0.4) is 0 Å². The molecule has 0 spiro atoms. The van der Waals surface area contributed by atoms with Gasteiger partial charge in [0.25, 0.3) is 5.91 Å². The summed E-state index contributed by atoms with van der Waals surface area (Å²) in [5.74, 6) is -0.140. The van der Waals surface area contributed by atoms with E-state index in [4.69, 9.17) is 12.2 Å². The number of benzene rings is 1. The average Bonchev–Trinajstić information content (AvgIpc) is 2.98. The van der Waals surface area contributed by atoms with Crippen molar-refractivity contribution in [3.05, 3.63) is 53.0 Å². The second kappa shape index (κ2) is 5.96. The zero-order valence-electron chi connectivity index (χ0n) is 13.3. The molecule has 6 heteroatoms. The number of nitrogens with zero attached hydrogens (tertiary/aromatic N) is 3. The highest BCUT2D eigenvalue weighted by Crippen LogP contribution is 2.26. The van der Waals surface area contributed by atoms with E-state index < -0.39 is 0 Å². The molecule has 1 aromatic heterocycles. The van der Waals surface area contributed by atoms with E-state index in [2.05, 4.69) is 17.3 Å². The molecule has 1 fully saturated rings. The van der Waals surface area contributed by atoms with Crippen LogP contribution in [0.15, 0.2) is 36.2 Å². The lowest BCUT2D eigenvalue weighted by molar-refractivity contribution is -0.113. The minimum Gasteiger partial charge on any atom is -0.327 e. The standard InChI is InChI=1S/C17H18N4OS/c1-4-12-7-5-6-8-15(12)21-16(22)14(18-17(21)23)9-13-10-20(3)19-11(13)2/h5-10H,4H2,1-3H3,(H,18,23)/b14-9+. The summed E-state index contributed by atoms with van der Waals surface area (Å²) in [6.07, 6.45) is 4.51. The summed E-state index contributed by atoms with van der Waals surface area (Å²) in [5.41, 5.74) is 4.16. The molecule has 0 atom stereocenters. The lowest BCUT2D eigenvalue weighted by Crippen LogP contribution is -2.31. The second-order valence-corrected chi connectivity index (χ2v) is 5.84. The summed E-state index contributed by atoms with van der Waals surface area (Å²) in [5, 5.41) is 7.71. The van der Waals surface area contributed by atoms with Crippen LogP contribution >= 0.6 is 12.2 Å². The average molecular weight is 326 g/mol. The molecular weight excluding hydrogens is 308 g/mol. The molecule has 5 nitrogen and oxygen atoms in total. The van der Waals surface area contributed by atoms with Crippen molar-refractivity contribution in [1.82, 2.24) is 15.1 Å². The molecule has 1 N–H and O–H groups in total. The lowest BCUT2D eigenvalue weighted by atomic mass is 10.1. The molecule has 1 aromatic carbocycles. The molecule has 2 heterocycles. The van der Waals surface area contributed by atoms with Crippen LogP contribution in [0.25, 0.3) is 6.08 Å². The third kappa shape index (κ3) is 2.77. The van der Waals surface area contributed by atoms with Crippen LogP contribution in [0.1, 0.15) is 23.7 Å². The van der Waals surface area contributed by atoms with Crippen molar-refractivity contribution in [3.63, 3.8) is 0 Å². The number of rotatable bonds is 3. The lowest BCUT2D eigenvalue weighted by Gasteiger charge is -2.17. The quantitative estimate of drug-likeness (QED) is 0.696. The van der Waals surface area contributed by atoms with Gasteiger partial charge in [-0.1, -0.05) is 25.1 Å². The van der Waals surface area contributed by atoms with E-state index >= 15 is 0 Å². The van der Waals surface area contributed by atoms with E-state index in [0.717, 1.165) is 28.9 Å². The van der Waals surface area contributed by atoms with E-state index in [-0.39, 0.29) is 5.91 Å². The zero-order chi connectivity index (χ0) is 16.6. The van der Waals surface area contributed by atoms with Gasteiger partial charge in [-0.2, -0.15) is 5.10 Å². The van der Waals surface area contributed by atoms with Crippen molar-refractivity contribution in [2.45, 2.75) is 20.3 Å². The Bertz CT molecular complexity index is 822. The third-order valence-corrected chi connectivity index (χ3v) is 4.13. The van der Waals surface area contributed by atoms with Crippen molar-refractivity contribution >= 4 is 35.0 Å². The Hall–Kier alpha value is -2.47. The number of aryl methyl sites for hydroxylation is 3. The number of carbonyl (C=O) groups excluding carboxylic acids is 1. The molecule has 1 aliphatic rings. The van der Waals surface area contributed by atoms with Gasteiger partial charge in [-0.25, -0.2) is 0 Å². The molecule has 3 rings (SSSR count). The van der Waals surface area contributed by atoms with Gasteiger partial charge < -0.3 is 5.32 Å². The summed E-state index contributed by atoms with van der Waals surface area (Å²) < 4.78 is 1.73. The highest BCUT2D eigenvalue weighted by molar-refractivity contribution is 7.80. The molecule has 0 aliphatic carbocycles. The number of hydrogen-bond acceptors (Lipinski definition) is 3. The Labute approximate surface area is 140 Å². The molecule has 1 amide bonds. The van der Waals surface area contributed by atoms with Crippen LogP contribution in [0.2, 0.25) is 0 Å². The Morgan fingerprint density at radius 3 is 2.74 bits per heavy atom. The number of thiocarbonyl (C=S) groups is 1. The molecule has 0 saturated carbocycles. The van der Waals surface area contributed by atoms with Crippen LogP contribution in [0.5, 0.6) is 0 Å². The summed E-state index contributed by atoms with van der Waals surface area (Å²) in [7, 11) is 1.85. The van der Waals surface area contributed by atoms with E-state index in [1.165, 1.54) is 0 Å². The first-order valence-electron chi connectivity index (χ1n) is 7.46. The first-order chi connectivity index (χ1) is 11.0. The topological polar surface area (TPSA) is 50.2 Å². The molecule has 0 unspecified atom stereocenters. The fourth-order valence-electron chi connectivity index (χ4n) is 2.70. The Balaban J connectivity index is 1.99. The maximum atomic E-state index is 12.8. The number of amides is 1. The van der Waals surface area contributed by atoms with E-state index in [9.17, 15) is 4.79 Å². The van der Waals surface area contributed by atoms with Crippen molar-refractivity contribution in [1.29, 1.82) is 0 Å². The van der Waals surface area contributed by atoms with Crippen LogP contribution < -0.4 is 10.2 Å². The van der Waals surface area contributed by atoms with Gasteiger partial charge >= 0.3 is 0 Å². The summed E-state index contributed by atoms with van der Waals surface area (Å²) >= 11 is 5.37. The predicted octanol–water partition coefficient (Wildman–Crippen LogP) is 2.55. The van der Waals surface area contributed by atoms with Gasteiger partial charge in [0.2, 0.25) is 0 Å². The Morgan fingerprint density at radius 1 is 1.35 bits per heavy atom. The smallest absolute Gasteiger partial charge is 0.281 e. The number of para-hydroxylation sites is 1. The number of carbonyl (C=O) groups is 1. The van der Waals surface area contributed by atoms with Gasteiger partial charge in [0.05, 0.1) is 11.4 Å². The van der Waals surface area contributed by atoms with Crippen LogP contribution in [0.4, 0.5) is 5.69 Å². The van der Waals surface area contributed by atoms with E-state index in [0.29, 0.717) is 10.8 Å². The summed E-state index contributed by atoms with van der Waals surface area (Å²) in [6, 6.07) is 7.81. The fraction of sp³-hybridized carbons (Fsp3) is 0.235. The van der Waals surface area contributed by atoms with E-state index in [1.807, 2.05) is 44.4 Å². The number of anilines is 1. The SMILES string of the molecule is CCc1ccccc1N1C(=O)/C(=C\c2cn(C)nc2C)NC1=S.